The number of carboxylic acids is 1. The van der Waals surface area contributed by atoms with E-state index in [-0.39, 0.29) is 11.5 Å². The summed E-state index contributed by atoms with van der Waals surface area (Å²) in [5.74, 6) is -0.669. The maximum absolute atomic E-state index is 10.4. The highest BCUT2D eigenvalue weighted by atomic mass is 16.6. The predicted molar refractivity (Wildman–Crippen MR) is 112 cm³/mol. The van der Waals surface area contributed by atoms with Gasteiger partial charge in [-0.1, -0.05) is 103 Å². The monoisotopic (exact) mass is 385 g/mol. The molecule has 0 rings (SSSR count). The quantitative estimate of drug-likeness (QED) is 0.122. The lowest BCUT2D eigenvalue weighted by Gasteiger charge is -2.04. The maximum Gasteiger partial charge on any atom is 0.303 e. The van der Waals surface area contributed by atoms with Gasteiger partial charge in [0.05, 0.1) is 0 Å². The van der Waals surface area contributed by atoms with Crippen LogP contribution in [0.2, 0.25) is 0 Å². The predicted octanol–water partition coefficient (Wildman–Crippen LogP) is 7.15. The van der Waals surface area contributed by atoms with Crippen molar-refractivity contribution in [1.29, 1.82) is 0 Å². The zero-order valence-electron chi connectivity index (χ0n) is 17.5. The molecule has 5 nitrogen and oxygen atoms in total. The summed E-state index contributed by atoms with van der Waals surface area (Å²) >= 11 is 0. The number of nitrogens with zero attached hydrogens (tertiary/aromatic N) is 1. The Labute approximate surface area is 166 Å². The Kier molecular flexibility index (Phi) is 20.3. The largest absolute Gasteiger partial charge is 0.481 e. The fraction of sp³-hybridized carbons (Fsp3) is 0.955. The Morgan fingerprint density at radius 2 is 0.815 bits per heavy atom. The molecule has 0 bridgehead atoms. The maximum atomic E-state index is 10.4. The lowest BCUT2D eigenvalue weighted by atomic mass is 10.0. The molecule has 0 amide bonds. The minimum atomic E-state index is -0.669. The minimum absolute atomic E-state index is 0.134. The van der Waals surface area contributed by atoms with Gasteiger partial charge in [-0.15, -0.1) is 0 Å². The lowest BCUT2D eigenvalue weighted by molar-refractivity contribution is -0.480. The SMILES string of the molecule is O=C(O)CCCCCCCCCCCCCCCCCCCCC[N+](=O)[O-]. The van der Waals surface area contributed by atoms with Crippen LogP contribution in [0.15, 0.2) is 0 Å². The molecular formula is C22H43NO4. The van der Waals surface area contributed by atoms with Crippen molar-refractivity contribution >= 4 is 5.97 Å². The molecular weight excluding hydrogens is 342 g/mol. The molecule has 0 saturated heterocycles. The van der Waals surface area contributed by atoms with E-state index >= 15 is 0 Å². The van der Waals surface area contributed by atoms with E-state index in [1.165, 1.54) is 89.9 Å². The zero-order chi connectivity index (χ0) is 20.0. The third kappa shape index (κ3) is 24.9. The van der Waals surface area contributed by atoms with Crippen molar-refractivity contribution in [1.82, 2.24) is 0 Å². The van der Waals surface area contributed by atoms with E-state index in [9.17, 15) is 14.9 Å². The highest BCUT2D eigenvalue weighted by Gasteiger charge is 1.98. The van der Waals surface area contributed by atoms with Crippen LogP contribution in [0.5, 0.6) is 0 Å². The summed E-state index contributed by atoms with van der Waals surface area (Å²) in [7, 11) is 0. The Morgan fingerprint density at radius 3 is 1.07 bits per heavy atom. The Morgan fingerprint density at radius 1 is 0.556 bits per heavy atom. The van der Waals surface area contributed by atoms with E-state index in [4.69, 9.17) is 5.11 Å². The number of hydrogen-bond acceptors (Lipinski definition) is 3. The molecule has 1 N–H and O–H groups in total. The first-order valence-electron chi connectivity index (χ1n) is 11.5. The topological polar surface area (TPSA) is 80.4 Å². The van der Waals surface area contributed by atoms with Crippen molar-refractivity contribution in [3.05, 3.63) is 10.1 Å². The molecule has 0 aromatic rings. The number of hydrogen-bond donors (Lipinski definition) is 1. The van der Waals surface area contributed by atoms with Gasteiger partial charge >= 0.3 is 5.97 Å². The molecule has 0 atom stereocenters. The molecule has 0 aromatic heterocycles. The van der Waals surface area contributed by atoms with Crippen molar-refractivity contribution in [3.8, 4) is 0 Å². The van der Waals surface area contributed by atoms with Crippen LogP contribution < -0.4 is 0 Å². The first kappa shape index (κ1) is 25.9. The number of carboxylic acid groups (broad SMARTS) is 1. The first-order chi connectivity index (χ1) is 13.1. The molecule has 0 fully saturated rings. The smallest absolute Gasteiger partial charge is 0.303 e. The molecule has 0 heterocycles. The van der Waals surface area contributed by atoms with Gasteiger partial charge in [0, 0.05) is 17.8 Å². The summed E-state index contributed by atoms with van der Waals surface area (Å²) in [4.78, 5) is 20.4. The van der Waals surface area contributed by atoms with Crippen LogP contribution in [0.25, 0.3) is 0 Å². The summed E-state index contributed by atoms with van der Waals surface area (Å²) in [5, 5.41) is 18.8. The van der Waals surface area contributed by atoms with Crippen LogP contribution in [0.3, 0.4) is 0 Å². The number of aliphatic carboxylic acids is 1. The Hall–Kier alpha value is -1.13. The molecule has 0 radical (unpaired) electrons. The van der Waals surface area contributed by atoms with E-state index < -0.39 is 5.97 Å². The van der Waals surface area contributed by atoms with E-state index in [1.54, 1.807) is 0 Å². The normalized spacial score (nSPS) is 11.0. The van der Waals surface area contributed by atoms with E-state index in [0.717, 1.165) is 32.1 Å². The fourth-order valence-corrected chi connectivity index (χ4v) is 3.52. The molecule has 0 unspecified atom stereocenters. The standard InChI is InChI=1S/C22H43NO4/c24-22(25)20-18-16-14-12-10-8-6-4-2-1-3-5-7-9-11-13-15-17-19-21-23(26)27/h1-21H2,(H,24,25). The number of carbonyl (C=O) groups is 1. The summed E-state index contributed by atoms with van der Waals surface area (Å²) < 4.78 is 0. The van der Waals surface area contributed by atoms with E-state index in [1.807, 2.05) is 0 Å². The van der Waals surface area contributed by atoms with Crippen LogP contribution in [-0.2, 0) is 4.79 Å². The van der Waals surface area contributed by atoms with Gasteiger partial charge < -0.3 is 5.11 Å². The summed E-state index contributed by atoms with van der Waals surface area (Å²) in [5.41, 5.74) is 0. The lowest BCUT2D eigenvalue weighted by Crippen LogP contribution is -1.99. The number of rotatable bonds is 22. The third-order valence-electron chi connectivity index (χ3n) is 5.23. The van der Waals surface area contributed by atoms with Crippen LogP contribution in [0.4, 0.5) is 0 Å². The molecule has 5 heteroatoms. The van der Waals surface area contributed by atoms with Crippen LogP contribution in [0.1, 0.15) is 128 Å². The van der Waals surface area contributed by atoms with Crippen LogP contribution in [-0.4, -0.2) is 22.5 Å². The summed E-state index contributed by atoms with van der Waals surface area (Å²) in [6, 6.07) is 0. The average Bonchev–Trinajstić information content (AvgIpc) is 2.62. The third-order valence-corrected chi connectivity index (χ3v) is 5.23. The molecule has 160 valence electrons. The molecule has 0 aromatic carbocycles. The van der Waals surface area contributed by atoms with Gasteiger partial charge in [0.15, 0.2) is 0 Å². The second-order valence-electron chi connectivity index (χ2n) is 7.92. The van der Waals surface area contributed by atoms with E-state index in [2.05, 4.69) is 0 Å². The van der Waals surface area contributed by atoms with Gasteiger partial charge in [-0.2, -0.15) is 0 Å². The highest BCUT2D eigenvalue weighted by molar-refractivity contribution is 5.66. The van der Waals surface area contributed by atoms with Gasteiger partial charge in [-0.05, 0) is 12.8 Å². The van der Waals surface area contributed by atoms with Gasteiger partial charge in [-0.25, -0.2) is 0 Å². The second kappa shape index (κ2) is 21.2. The van der Waals surface area contributed by atoms with Gasteiger partial charge in [0.1, 0.15) is 0 Å². The average molecular weight is 386 g/mol. The van der Waals surface area contributed by atoms with Crippen molar-refractivity contribution in [3.63, 3.8) is 0 Å². The summed E-state index contributed by atoms with van der Waals surface area (Å²) in [6.07, 6.45) is 23.6. The summed E-state index contributed by atoms with van der Waals surface area (Å²) in [6.45, 7) is 0.134. The molecule has 27 heavy (non-hydrogen) atoms. The van der Waals surface area contributed by atoms with Crippen LogP contribution >= 0.6 is 0 Å². The molecule has 0 aliphatic rings. The van der Waals surface area contributed by atoms with Crippen molar-refractivity contribution in [2.45, 2.75) is 128 Å². The van der Waals surface area contributed by atoms with Gasteiger partial charge in [0.2, 0.25) is 6.54 Å². The van der Waals surface area contributed by atoms with Crippen molar-refractivity contribution in [2.24, 2.45) is 0 Å². The number of unbranched alkanes of at least 4 members (excludes halogenated alkanes) is 18. The van der Waals surface area contributed by atoms with Gasteiger partial charge in [-0.3, -0.25) is 14.9 Å². The van der Waals surface area contributed by atoms with Crippen molar-refractivity contribution < 1.29 is 14.8 Å². The number of nitro groups is 1. The minimum Gasteiger partial charge on any atom is -0.481 e. The molecule has 0 saturated carbocycles. The molecule has 0 aliphatic carbocycles. The fourth-order valence-electron chi connectivity index (χ4n) is 3.52. The molecule has 0 aliphatic heterocycles. The van der Waals surface area contributed by atoms with Gasteiger partial charge in [0.25, 0.3) is 0 Å². The van der Waals surface area contributed by atoms with Crippen LogP contribution in [0, 0.1) is 10.1 Å². The Balaban J connectivity index is 3.01. The van der Waals surface area contributed by atoms with Crippen molar-refractivity contribution in [2.75, 3.05) is 6.54 Å². The van der Waals surface area contributed by atoms with E-state index in [0.29, 0.717) is 6.42 Å². The zero-order valence-corrected chi connectivity index (χ0v) is 17.5. The Bertz CT molecular complexity index is 315. The highest BCUT2D eigenvalue weighted by Crippen LogP contribution is 2.14. The first-order valence-corrected chi connectivity index (χ1v) is 11.5. The molecule has 0 spiro atoms. The second-order valence-corrected chi connectivity index (χ2v) is 7.92.